The molecule has 0 amide bonds. The van der Waals surface area contributed by atoms with Crippen LogP contribution in [0.1, 0.15) is 0 Å². The molecule has 9 nitrogen and oxygen atoms in total. The molecule has 11 heteroatoms. The van der Waals surface area contributed by atoms with Crippen LogP contribution in [0.2, 0.25) is 0 Å². The summed E-state index contributed by atoms with van der Waals surface area (Å²) in [5.41, 5.74) is 0. The van der Waals surface area contributed by atoms with E-state index in [2.05, 4.69) is 9.26 Å². The van der Waals surface area contributed by atoms with E-state index in [0.29, 0.717) is 0 Å². The van der Waals surface area contributed by atoms with Crippen LogP contribution in [0.4, 0.5) is 0 Å². The van der Waals surface area contributed by atoms with Crippen molar-refractivity contribution in [1.82, 2.24) is 0 Å². The fraction of sp³-hybridized carbons (Fsp3) is 1.00. The third-order valence-electron chi connectivity index (χ3n) is 2.15. The summed E-state index contributed by atoms with van der Waals surface area (Å²) in [5.74, 6) is -2.38. The van der Waals surface area contributed by atoms with Gasteiger partial charge in [-0.2, -0.15) is 0 Å². The molecule has 0 radical (unpaired) electrons. The van der Waals surface area contributed by atoms with E-state index in [1.54, 1.807) is 0 Å². The molecule has 0 saturated carbocycles. The number of aliphatic hydroxyl groups excluding tert-OH is 3. The molecule has 0 aromatic rings. The van der Waals surface area contributed by atoms with Crippen LogP contribution in [0.3, 0.4) is 0 Å². The van der Waals surface area contributed by atoms with Crippen LogP contribution >= 0.6 is 7.82 Å². The van der Waals surface area contributed by atoms with Crippen LogP contribution in [0.25, 0.3) is 0 Å². The maximum absolute atomic E-state index is 10.3. The normalized spacial score (nSPS) is 40.7. The second-order valence-corrected chi connectivity index (χ2v) is 4.55. The second-order valence-electron chi connectivity index (χ2n) is 3.36. The van der Waals surface area contributed by atoms with Crippen molar-refractivity contribution < 1.29 is 63.5 Å². The molecular formula is C6H12O9PZn-. The fourth-order valence-electron chi connectivity index (χ4n) is 1.30. The van der Waals surface area contributed by atoms with E-state index >= 15 is 0 Å². The van der Waals surface area contributed by atoms with Crippen molar-refractivity contribution in [1.29, 1.82) is 0 Å². The van der Waals surface area contributed by atoms with Crippen molar-refractivity contribution in [2.75, 3.05) is 13.2 Å². The molecule has 98 valence electrons. The molecule has 0 aliphatic carbocycles. The summed E-state index contributed by atoms with van der Waals surface area (Å²) in [6.07, 6.45) is -4.85. The summed E-state index contributed by atoms with van der Waals surface area (Å²) >= 11 is 0. The number of aliphatic hydroxyl groups is 4. The van der Waals surface area contributed by atoms with E-state index in [4.69, 9.17) is 10.00 Å². The molecule has 5 N–H and O–H groups in total. The molecule has 0 spiro atoms. The Bertz CT molecular complexity index is 295. The molecule has 1 fully saturated rings. The van der Waals surface area contributed by atoms with Crippen molar-refractivity contribution in [3.63, 3.8) is 0 Å². The number of phosphoric acid groups is 1. The Balaban J connectivity index is 0.00000256. The van der Waals surface area contributed by atoms with E-state index in [0.717, 1.165) is 0 Å². The number of hydrogen-bond donors (Lipinski definition) is 5. The summed E-state index contributed by atoms with van der Waals surface area (Å²) in [4.78, 5) is 18.5. The number of ether oxygens (including phenoxy) is 1. The molecule has 0 aromatic heterocycles. The van der Waals surface area contributed by atoms with E-state index in [9.17, 15) is 24.8 Å². The van der Waals surface area contributed by atoms with E-state index in [-0.39, 0.29) is 19.5 Å². The van der Waals surface area contributed by atoms with Crippen molar-refractivity contribution in [3.8, 4) is 0 Å². The molecule has 5 atom stereocenters. The summed E-state index contributed by atoms with van der Waals surface area (Å²) in [6.45, 7) is -1.78. The van der Waals surface area contributed by atoms with Gasteiger partial charge in [-0.05, 0) is 0 Å². The average molecular weight is 325 g/mol. The van der Waals surface area contributed by atoms with Crippen molar-refractivity contribution in [2.45, 2.75) is 24.1 Å². The first-order chi connectivity index (χ1) is 7.19. The van der Waals surface area contributed by atoms with Gasteiger partial charge in [0, 0.05) is 19.5 Å². The first-order valence-electron chi connectivity index (χ1n) is 4.25. The quantitative estimate of drug-likeness (QED) is 0.258. The predicted molar refractivity (Wildman–Crippen MR) is 44.7 cm³/mol. The largest absolute Gasteiger partial charge is 0.756 e. The second kappa shape index (κ2) is 6.12. The van der Waals surface area contributed by atoms with E-state index in [1.807, 2.05) is 0 Å². The molecule has 1 aliphatic heterocycles. The first kappa shape index (κ1) is 17.5. The van der Waals surface area contributed by atoms with Crippen LogP contribution in [0.15, 0.2) is 0 Å². The predicted octanol–water partition coefficient (Wildman–Crippen LogP) is -3.74. The summed E-state index contributed by atoms with van der Waals surface area (Å²) in [6, 6.07) is 0. The standard InChI is InChI=1S/C6H13O9P.Zn/c7-2-6(10)5(9)4(8)3(15-6)1-14-16(11,12)13;/h3-5,7-10H,1-2H2,(H2,11,12,13);/p-1/t3-,4-,5+,6+;/m1./s1. The van der Waals surface area contributed by atoms with Gasteiger partial charge in [0.25, 0.3) is 7.82 Å². The van der Waals surface area contributed by atoms with Gasteiger partial charge in [-0.1, -0.05) is 0 Å². The minimum Gasteiger partial charge on any atom is -0.756 e. The van der Waals surface area contributed by atoms with E-state index < -0.39 is 45.1 Å². The van der Waals surface area contributed by atoms with Crippen molar-refractivity contribution in [2.24, 2.45) is 0 Å². The summed E-state index contributed by atoms with van der Waals surface area (Å²) < 4.78 is 18.8. The summed E-state index contributed by atoms with van der Waals surface area (Å²) in [7, 11) is -4.98. The third-order valence-corrected chi connectivity index (χ3v) is 2.63. The van der Waals surface area contributed by atoms with Crippen molar-refractivity contribution >= 4 is 7.82 Å². The van der Waals surface area contributed by atoms with Crippen molar-refractivity contribution in [3.05, 3.63) is 0 Å². The number of phosphoric ester groups is 1. The summed E-state index contributed by atoms with van der Waals surface area (Å²) in [5, 5.41) is 36.7. The van der Waals surface area contributed by atoms with Crippen LogP contribution in [-0.4, -0.2) is 62.6 Å². The van der Waals surface area contributed by atoms with Gasteiger partial charge in [0.05, 0.1) is 13.2 Å². The molecule has 0 bridgehead atoms. The van der Waals surface area contributed by atoms with Gasteiger partial charge in [-0.3, -0.25) is 4.57 Å². The molecular weight excluding hydrogens is 312 g/mol. The Hall–Kier alpha value is 0.533. The van der Waals surface area contributed by atoms with Gasteiger partial charge in [0.1, 0.15) is 18.3 Å². The monoisotopic (exact) mass is 323 g/mol. The molecule has 1 rings (SSSR count). The van der Waals surface area contributed by atoms with Gasteiger partial charge in [-0.15, -0.1) is 0 Å². The zero-order valence-corrected chi connectivity index (χ0v) is 12.5. The molecule has 0 aromatic carbocycles. The van der Waals surface area contributed by atoms with Crippen LogP contribution in [0, 0.1) is 0 Å². The SMILES string of the molecule is O=P([O-])(O)OC[C@H]1O[C@@](O)(CO)[C@@H](O)[C@@H]1O.[Zn]. The van der Waals surface area contributed by atoms with Gasteiger partial charge < -0.3 is 39.5 Å². The first-order valence-corrected chi connectivity index (χ1v) is 5.75. The molecule has 1 unspecified atom stereocenters. The Labute approximate surface area is 109 Å². The smallest absolute Gasteiger partial charge is 0.265 e. The minimum atomic E-state index is -4.98. The topological polar surface area (TPSA) is 160 Å². The van der Waals surface area contributed by atoms with Gasteiger partial charge in [0.2, 0.25) is 5.79 Å². The van der Waals surface area contributed by atoms with Crippen LogP contribution in [0.5, 0.6) is 0 Å². The average Bonchev–Trinajstić information content (AvgIpc) is 2.40. The molecule has 1 aliphatic rings. The van der Waals surface area contributed by atoms with E-state index in [1.165, 1.54) is 0 Å². The third kappa shape index (κ3) is 4.29. The maximum Gasteiger partial charge on any atom is 0.265 e. The van der Waals surface area contributed by atoms with Crippen LogP contribution in [-0.2, 0) is 33.3 Å². The van der Waals surface area contributed by atoms with Gasteiger partial charge in [-0.25, -0.2) is 0 Å². The fourth-order valence-corrected chi connectivity index (χ4v) is 1.64. The molecule has 1 saturated heterocycles. The zero-order chi connectivity index (χ0) is 12.6. The Morgan fingerprint density at radius 3 is 2.35 bits per heavy atom. The van der Waals surface area contributed by atoms with Gasteiger partial charge >= 0.3 is 0 Å². The molecule has 17 heavy (non-hydrogen) atoms. The maximum atomic E-state index is 10.3. The Kier molecular flexibility index (Phi) is 6.31. The molecule has 1 heterocycles. The number of rotatable bonds is 4. The van der Waals surface area contributed by atoms with Crippen LogP contribution < -0.4 is 4.89 Å². The number of hydrogen-bond acceptors (Lipinski definition) is 8. The Morgan fingerprint density at radius 1 is 1.47 bits per heavy atom. The van der Waals surface area contributed by atoms with Gasteiger partial charge in [0.15, 0.2) is 0 Å². The zero-order valence-electron chi connectivity index (χ0n) is 8.67. The minimum absolute atomic E-state index is 0. The Morgan fingerprint density at radius 2 is 2.00 bits per heavy atom.